The van der Waals surface area contributed by atoms with Crippen molar-refractivity contribution in [3.8, 4) is 0 Å². The lowest BCUT2D eigenvalue weighted by Gasteiger charge is -2.19. The molecule has 0 aromatic heterocycles. The molecule has 1 atom stereocenters. The van der Waals surface area contributed by atoms with Crippen LogP contribution >= 0.6 is 11.6 Å². The normalized spacial score (nSPS) is 24.8. The molecular weight excluding hydrogens is 244 g/mol. The van der Waals surface area contributed by atoms with E-state index >= 15 is 0 Å². The van der Waals surface area contributed by atoms with Gasteiger partial charge in [0, 0.05) is 17.0 Å². The van der Waals surface area contributed by atoms with E-state index in [2.05, 4.69) is 9.84 Å². The SMILES string of the molecule is COC(=O)[C@]1(O)Cc2cc(Cl)ccc2C1=NN. The zero-order valence-electron chi connectivity index (χ0n) is 9.11. The highest BCUT2D eigenvalue weighted by atomic mass is 35.5. The van der Waals surface area contributed by atoms with Crippen LogP contribution in [0.25, 0.3) is 0 Å². The first-order valence-corrected chi connectivity index (χ1v) is 5.28. The second-order valence-corrected chi connectivity index (χ2v) is 4.24. The van der Waals surface area contributed by atoms with Gasteiger partial charge in [-0.25, -0.2) is 4.79 Å². The molecule has 0 amide bonds. The number of nitrogens with two attached hydrogens (primary N) is 1. The summed E-state index contributed by atoms with van der Waals surface area (Å²) in [4.78, 5) is 11.6. The first-order chi connectivity index (χ1) is 8.02. The van der Waals surface area contributed by atoms with Gasteiger partial charge in [-0.05, 0) is 17.7 Å². The summed E-state index contributed by atoms with van der Waals surface area (Å²) < 4.78 is 4.57. The molecule has 5 nitrogen and oxygen atoms in total. The Hall–Kier alpha value is -1.59. The van der Waals surface area contributed by atoms with E-state index in [0.29, 0.717) is 10.6 Å². The van der Waals surface area contributed by atoms with Gasteiger partial charge in [-0.15, -0.1) is 0 Å². The Bertz CT molecular complexity index is 515. The number of nitrogens with zero attached hydrogens (tertiary/aromatic N) is 1. The number of esters is 1. The summed E-state index contributed by atoms with van der Waals surface area (Å²) in [5.41, 5.74) is -0.383. The second kappa shape index (κ2) is 4.01. The largest absolute Gasteiger partial charge is 0.467 e. The predicted molar refractivity (Wildman–Crippen MR) is 62.8 cm³/mol. The molecule has 17 heavy (non-hydrogen) atoms. The molecule has 1 aromatic rings. The molecule has 0 fully saturated rings. The topological polar surface area (TPSA) is 84.9 Å². The summed E-state index contributed by atoms with van der Waals surface area (Å²) >= 11 is 5.85. The van der Waals surface area contributed by atoms with Gasteiger partial charge in [0.05, 0.1) is 7.11 Å². The first-order valence-electron chi connectivity index (χ1n) is 4.91. The number of hydrogen-bond acceptors (Lipinski definition) is 5. The van der Waals surface area contributed by atoms with Gasteiger partial charge in [-0.3, -0.25) is 0 Å². The van der Waals surface area contributed by atoms with E-state index in [4.69, 9.17) is 17.4 Å². The van der Waals surface area contributed by atoms with Crippen molar-refractivity contribution in [2.75, 3.05) is 7.11 Å². The molecule has 6 heteroatoms. The third-order valence-corrected chi connectivity index (χ3v) is 3.05. The molecule has 1 aliphatic carbocycles. The first kappa shape index (κ1) is 11.9. The van der Waals surface area contributed by atoms with Crippen molar-refractivity contribution < 1.29 is 14.6 Å². The van der Waals surface area contributed by atoms with E-state index in [1.165, 1.54) is 7.11 Å². The number of methoxy groups -OCH3 is 1. The number of halogens is 1. The van der Waals surface area contributed by atoms with Gasteiger partial charge in [0.15, 0.2) is 0 Å². The van der Waals surface area contributed by atoms with Crippen LogP contribution in [-0.4, -0.2) is 29.5 Å². The summed E-state index contributed by atoms with van der Waals surface area (Å²) in [5, 5.41) is 14.3. The van der Waals surface area contributed by atoms with E-state index in [1.807, 2.05) is 0 Å². The van der Waals surface area contributed by atoms with Crippen LogP contribution in [0.1, 0.15) is 11.1 Å². The van der Waals surface area contributed by atoms with Crippen LogP contribution in [0, 0.1) is 0 Å². The van der Waals surface area contributed by atoms with E-state index in [9.17, 15) is 9.90 Å². The quantitative estimate of drug-likeness (QED) is 0.433. The molecule has 0 saturated carbocycles. The van der Waals surface area contributed by atoms with Crippen LogP contribution in [0.3, 0.4) is 0 Å². The number of hydrogen-bond donors (Lipinski definition) is 2. The summed E-state index contributed by atoms with van der Waals surface area (Å²) in [6.07, 6.45) is 0.0611. The number of carbonyl (C=O) groups excluding carboxylic acids is 1. The Balaban J connectivity index is 2.56. The smallest absolute Gasteiger partial charge is 0.344 e. The predicted octanol–water partition coefficient (Wildman–Crippen LogP) is 0.463. The average molecular weight is 255 g/mol. The summed E-state index contributed by atoms with van der Waals surface area (Å²) in [5.74, 6) is 4.46. The van der Waals surface area contributed by atoms with E-state index in [1.54, 1.807) is 18.2 Å². The minimum Gasteiger partial charge on any atom is -0.467 e. The molecule has 1 aliphatic rings. The summed E-state index contributed by atoms with van der Waals surface area (Å²) in [6.45, 7) is 0. The number of hydrazone groups is 1. The van der Waals surface area contributed by atoms with Crippen LogP contribution in [0.5, 0.6) is 0 Å². The molecule has 3 N–H and O–H groups in total. The molecule has 0 saturated heterocycles. The number of rotatable bonds is 1. The highest BCUT2D eigenvalue weighted by Gasteiger charge is 2.49. The van der Waals surface area contributed by atoms with E-state index in [0.717, 1.165) is 5.56 Å². The van der Waals surface area contributed by atoms with Gasteiger partial charge in [0.25, 0.3) is 0 Å². The number of benzene rings is 1. The van der Waals surface area contributed by atoms with Crippen LogP contribution in [-0.2, 0) is 16.0 Å². The Kier molecular flexibility index (Phi) is 2.81. The molecule has 0 aliphatic heterocycles. The zero-order valence-corrected chi connectivity index (χ0v) is 9.86. The molecule has 1 aromatic carbocycles. The summed E-state index contributed by atoms with van der Waals surface area (Å²) in [7, 11) is 1.20. The molecule has 0 heterocycles. The second-order valence-electron chi connectivity index (χ2n) is 3.81. The molecule has 0 bridgehead atoms. The minimum absolute atomic E-state index is 0.0611. The van der Waals surface area contributed by atoms with E-state index < -0.39 is 11.6 Å². The summed E-state index contributed by atoms with van der Waals surface area (Å²) in [6, 6.07) is 4.99. The maximum Gasteiger partial charge on any atom is 0.344 e. The standard InChI is InChI=1S/C11H11ClN2O3/c1-17-10(15)11(16)5-6-4-7(12)2-3-8(6)9(11)14-13/h2-4,16H,5,13H2,1H3/t11-/m0/s1. The zero-order chi connectivity index (χ0) is 12.6. The van der Waals surface area contributed by atoms with Gasteiger partial charge < -0.3 is 15.7 Å². The molecule has 0 unspecified atom stereocenters. The van der Waals surface area contributed by atoms with Crippen molar-refractivity contribution in [2.24, 2.45) is 10.9 Å². The van der Waals surface area contributed by atoms with Gasteiger partial charge in [-0.2, -0.15) is 5.10 Å². The van der Waals surface area contributed by atoms with Crippen LogP contribution in [0.15, 0.2) is 23.3 Å². The van der Waals surface area contributed by atoms with Crippen molar-refractivity contribution in [2.45, 2.75) is 12.0 Å². The Morgan fingerprint density at radius 2 is 2.35 bits per heavy atom. The molecule has 2 rings (SSSR count). The lowest BCUT2D eigenvalue weighted by atomic mass is 9.99. The van der Waals surface area contributed by atoms with Crippen molar-refractivity contribution in [1.29, 1.82) is 0 Å². The number of ether oxygens (including phenoxy) is 1. The molecular formula is C11H11ClN2O3. The third kappa shape index (κ3) is 1.67. The van der Waals surface area contributed by atoms with Crippen molar-refractivity contribution >= 4 is 23.3 Å². The Morgan fingerprint density at radius 1 is 1.65 bits per heavy atom. The Labute approximate surface area is 103 Å². The fourth-order valence-corrected chi connectivity index (χ4v) is 2.23. The number of carbonyl (C=O) groups is 1. The number of aliphatic hydroxyl groups is 1. The van der Waals surface area contributed by atoms with Gasteiger partial charge in [0.1, 0.15) is 5.71 Å². The highest BCUT2D eigenvalue weighted by Crippen LogP contribution is 2.33. The molecule has 0 radical (unpaired) electrons. The van der Waals surface area contributed by atoms with Gasteiger partial charge >= 0.3 is 5.97 Å². The highest BCUT2D eigenvalue weighted by molar-refractivity contribution is 6.31. The fourth-order valence-electron chi connectivity index (χ4n) is 2.04. The Morgan fingerprint density at radius 3 is 2.94 bits per heavy atom. The molecule has 0 spiro atoms. The van der Waals surface area contributed by atoms with Gasteiger partial charge in [0.2, 0.25) is 5.60 Å². The fraction of sp³-hybridized carbons (Fsp3) is 0.273. The monoisotopic (exact) mass is 254 g/mol. The van der Waals surface area contributed by atoms with Crippen molar-refractivity contribution in [3.63, 3.8) is 0 Å². The third-order valence-electron chi connectivity index (χ3n) is 2.81. The lowest BCUT2D eigenvalue weighted by Crippen LogP contribution is -2.46. The van der Waals surface area contributed by atoms with Crippen LogP contribution < -0.4 is 5.84 Å². The lowest BCUT2D eigenvalue weighted by molar-refractivity contribution is -0.154. The molecule has 90 valence electrons. The van der Waals surface area contributed by atoms with Crippen molar-refractivity contribution in [3.05, 3.63) is 34.3 Å². The van der Waals surface area contributed by atoms with Crippen LogP contribution in [0.4, 0.5) is 0 Å². The van der Waals surface area contributed by atoms with E-state index in [-0.39, 0.29) is 12.1 Å². The maximum atomic E-state index is 11.6. The van der Waals surface area contributed by atoms with Crippen LogP contribution in [0.2, 0.25) is 5.02 Å². The maximum absolute atomic E-state index is 11.6. The van der Waals surface area contributed by atoms with Gasteiger partial charge in [-0.1, -0.05) is 17.7 Å². The minimum atomic E-state index is -1.82. The average Bonchev–Trinajstić information content (AvgIpc) is 2.59. The number of fused-ring (bicyclic) bond motifs is 1. The van der Waals surface area contributed by atoms with Crippen molar-refractivity contribution in [1.82, 2.24) is 0 Å².